The van der Waals surface area contributed by atoms with E-state index in [-0.39, 0.29) is 0 Å². The van der Waals surface area contributed by atoms with Gasteiger partial charge in [0.25, 0.3) is 0 Å². The standard InChI is InChI=1S/C21H16N4/c1-2-7-16-14(5-1)6-3-8-17(16)19-11-18(19)15-12-24-21(25-13-15)20-22-9-4-10-23-20/h1-10,12-13,18-19H,11H2/t18-,19-/m0/s1. The molecule has 5 rings (SSSR count). The highest BCUT2D eigenvalue weighted by molar-refractivity contribution is 5.86. The van der Waals surface area contributed by atoms with Crippen LogP contribution in [0.15, 0.2) is 73.3 Å². The summed E-state index contributed by atoms with van der Waals surface area (Å²) < 4.78 is 0. The smallest absolute Gasteiger partial charge is 0.197 e. The zero-order chi connectivity index (χ0) is 16.6. The van der Waals surface area contributed by atoms with E-state index in [2.05, 4.69) is 62.4 Å². The fraction of sp³-hybridized carbons (Fsp3) is 0.143. The maximum atomic E-state index is 4.46. The summed E-state index contributed by atoms with van der Waals surface area (Å²) in [6.45, 7) is 0. The number of hydrogen-bond acceptors (Lipinski definition) is 4. The van der Waals surface area contributed by atoms with Crippen molar-refractivity contribution in [3.8, 4) is 11.6 Å². The van der Waals surface area contributed by atoms with Crippen molar-refractivity contribution in [2.75, 3.05) is 0 Å². The van der Waals surface area contributed by atoms with Gasteiger partial charge in [0, 0.05) is 24.8 Å². The molecule has 0 unspecified atom stereocenters. The van der Waals surface area contributed by atoms with Crippen LogP contribution in [0.4, 0.5) is 0 Å². The second-order valence-electron chi connectivity index (χ2n) is 6.43. The van der Waals surface area contributed by atoms with Gasteiger partial charge < -0.3 is 0 Å². The van der Waals surface area contributed by atoms with Crippen LogP contribution in [0, 0.1) is 0 Å². The third-order valence-corrected chi connectivity index (χ3v) is 4.88. The van der Waals surface area contributed by atoms with Crippen LogP contribution in [0.5, 0.6) is 0 Å². The molecule has 0 aliphatic heterocycles. The van der Waals surface area contributed by atoms with Crippen molar-refractivity contribution < 1.29 is 0 Å². The molecule has 0 radical (unpaired) electrons. The molecule has 0 N–H and O–H groups in total. The van der Waals surface area contributed by atoms with Crippen LogP contribution in [0.1, 0.15) is 29.4 Å². The Hall–Kier alpha value is -3.14. The van der Waals surface area contributed by atoms with Crippen LogP contribution in [0.2, 0.25) is 0 Å². The molecule has 25 heavy (non-hydrogen) atoms. The Morgan fingerprint density at radius 2 is 1.40 bits per heavy atom. The SMILES string of the molecule is c1cnc(-c2ncc([C@@H]3C[C@H]3c3cccc4ccccc34)cn2)nc1. The third-order valence-electron chi connectivity index (χ3n) is 4.88. The molecule has 0 amide bonds. The lowest BCUT2D eigenvalue weighted by Crippen LogP contribution is -1.95. The largest absolute Gasteiger partial charge is 0.234 e. The first kappa shape index (κ1) is 14.2. The van der Waals surface area contributed by atoms with Gasteiger partial charge in [-0.3, -0.25) is 0 Å². The number of fused-ring (bicyclic) bond motifs is 1. The van der Waals surface area contributed by atoms with Crippen molar-refractivity contribution in [1.29, 1.82) is 0 Å². The van der Waals surface area contributed by atoms with Gasteiger partial charge in [-0.05, 0) is 46.2 Å². The molecule has 120 valence electrons. The molecule has 1 saturated carbocycles. The summed E-state index contributed by atoms with van der Waals surface area (Å²) >= 11 is 0. The number of rotatable bonds is 3. The van der Waals surface area contributed by atoms with E-state index >= 15 is 0 Å². The average molecular weight is 324 g/mol. The molecule has 4 aromatic rings. The summed E-state index contributed by atoms with van der Waals surface area (Å²) in [6.07, 6.45) is 8.41. The van der Waals surface area contributed by atoms with E-state index in [9.17, 15) is 0 Å². The second-order valence-corrected chi connectivity index (χ2v) is 6.43. The first-order chi connectivity index (χ1) is 12.4. The van der Waals surface area contributed by atoms with Crippen LogP contribution < -0.4 is 0 Å². The van der Waals surface area contributed by atoms with Gasteiger partial charge in [0.05, 0.1) is 0 Å². The van der Waals surface area contributed by atoms with Crippen LogP contribution in [-0.2, 0) is 0 Å². The second kappa shape index (κ2) is 5.74. The molecule has 2 atom stereocenters. The van der Waals surface area contributed by atoms with Crippen LogP contribution in [0.25, 0.3) is 22.4 Å². The van der Waals surface area contributed by atoms with Crippen molar-refractivity contribution in [3.63, 3.8) is 0 Å². The molecule has 2 heterocycles. The Bertz CT molecular complexity index is 1020. The van der Waals surface area contributed by atoms with Crippen molar-refractivity contribution >= 4 is 10.8 Å². The Kier molecular flexibility index (Phi) is 3.27. The first-order valence-electron chi connectivity index (χ1n) is 8.47. The van der Waals surface area contributed by atoms with Gasteiger partial charge in [0.1, 0.15) is 0 Å². The molecular weight excluding hydrogens is 308 g/mol. The van der Waals surface area contributed by atoms with E-state index in [0.717, 1.165) is 6.42 Å². The summed E-state index contributed by atoms with van der Waals surface area (Å²) in [5.41, 5.74) is 2.62. The van der Waals surface area contributed by atoms with E-state index in [1.54, 1.807) is 18.5 Å². The van der Waals surface area contributed by atoms with Gasteiger partial charge in [0.15, 0.2) is 11.6 Å². The predicted octanol–water partition coefficient (Wildman–Crippen LogP) is 4.36. The fourth-order valence-corrected chi connectivity index (χ4v) is 3.54. The highest BCUT2D eigenvalue weighted by Gasteiger charge is 2.40. The van der Waals surface area contributed by atoms with Gasteiger partial charge in [-0.15, -0.1) is 0 Å². The Labute approximate surface area is 145 Å². The minimum atomic E-state index is 0.497. The Balaban J connectivity index is 1.43. The molecule has 4 heteroatoms. The topological polar surface area (TPSA) is 51.6 Å². The lowest BCUT2D eigenvalue weighted by atomic mass is 9.99. The zero-order valence-corrected chi connectivity index (χ0v) is 13.6. The van der Waals surface area contributed by atoms with Gasteiger partial charge in [-0.1, -0.05) is 42.5 Å². The monoisotopic (exact) mass is 324 g/mol. The van der Waals surface area contributed by atoms with Gasteiger partial charge in [0.2, 0.25) is 0 Å². The minimum absolute atomic E-state index is 0.497. The molecule has 1 aliphatic rings. The van der Waals surface area contributed by atoms with E-state index in [1.807, 2.05) is 12.4 Å². The van der Waals surface area contributed by atoms with Crippen LogP contribution in [-0.4, -0.2) is 19.9 Å². The molecule has 2 aromatic carbocycles. The van der Waals surface area contributed by atoms with Gasteiger partial charge in [-0.2, -0.15) is 0 Å². The predicted molar refractivity (Wildman–Crippen MR) is 97.1 cm³/mol. The summed E-state index contributed by atoms with van der Waals surface area (Å²) in [6, 6.07) is 17.0. The lowest BCUT2D eigenvalue weighted by molar-refractivity contribution is 0.982. The van der Waals surface area contributed by atoms with E-state index in [0.29, 0.717) is 23.5 Å². The number of benzene rings is 2. The summed E-state index contributed by atoms with van der Waals surface area (Å²) in [5, 5.41) is 2.66. The summed E-state index contributed by atoms with van der Waals surface area (Å²) in [5.74, 6) is 2.19. The molecule has 1 fully saturated rings. The highest BCUT2D eigenvalue weighted by atomic mass is 15.0. The van der Waals surface area contributed by atoms with Crippen molar-refractivity contribution in [1.82, 2.24) is 19.9 Å². The zero-order valence-electron chi connectivity index (χ0n) is 13.6. The molecular formula is C21H16N4. The molecule has 4 nitrogen and oxygen atoms in total. The quantitative estimate of drug-likeness (QED) is 0.562. The fourth-order valence-electron chi connectivity index (χ4n) is 3.54. The molecule has 1 aliphatic carbocycles. The summed E-state index contributed by atoms with van der Waals surface area (Å²) in [4.78, 5) is 17.3. The van der Waals surface area contributed by atoms with E-state index in [4.69, 9.17) is 0 Å². The molecule has 0 spiro atoms. The minimum Gasteiger partial charge on any atom is -0.234 e. The number of hydrogen-bond donors (Lipinski definition) is 0. The lowest BCUT2D eigenvalue weighted by Gasteiger charge is -2.06. The average Bonchev–Trinajstić information content (AvgIpc) is 3.49. The Morgan fingerprint density at radius 3 is 2.24 bits per heavy atom. The number of nitrogens with zero attached hydrogens (tertiary/aromatic N) is 4. The van der Waals surface area contributed by atoms with Crippen molar-refractivity contribution in [3.05, 3.63) is 84.4 Å². The van der Waals surface area contributed by atoms with E-state index in [1.165, 1.54) is 21.9 Å². The maximum Gasteiger partial charge on any atom is 0.197 e. The normalized spacial score (nSPS) is 19.0. The highest BCUT2D eigenvalue weighted by Crippen LogP contribution is 2.55. The van der Waals surface area contributed by atoms with E-state index < -0.39 is 0 Å². The van der Waals surface area contributed by atoms with Gasteiger partial charge in [-0.25, -0.2) is 19.9 Å². The number of aromatic nitrogens is 4. The van der Waals surface area contributed by atoms with Crippen molar-refractivity contribution in [2.24, 2.45) is 0 Å². The first-order valence-corrected chi connectivity index (χ1v) is 8.47. The van der Waals surface area contributed by atoms with Crippen LogP contribution in [0.3, 0.4) is 0 Å². The maximum absolute atomic E-state index is 4.46. The summed E-state index contributed by atoms with van der Waals surface area (Å²) in [7, 11) is 0. The Morgan fingerprint density at radius 1 is 0.680 bits per heavy atom. The van der Waals surface area contributed by atoms with Crippen LogP contribution >= 0.6 is 0 Å². The molecule has 0 saturated heterocycles. The molecule has 0 bridgehead atoms. The van der Waals surface area contributed by atoms with Crippen molar-refractivity contribution in [2.45, 2.75) is 18.3 Å². The third kappa shape index (κ3) is 2.56. The molecule has 2 aromatic heterocycles. The van der Waals surface area contributed by atoms with Gasteiger partial charge >= 0.3 is 0 Å².